The molecule has 0 atom stereocenters. The zero-order valence-corrected chi connectivity index (χ0v) is 19.1. The van der Waals surface area contributed by atoms with Crippen molar-refractivity contribution in [2.75, 3.05) is 30.0 Å². The molecule has 4 rings (SSSR count). The van der Waals surface area contributed by atoms with E-state index < -0.39 is 26.6 Å². The van der Waals surface area contributed by atoms with Gasteiger partial charge in [-0.1, -0.05) is 12.1 Å². The van der Waals surface area contributed by atoms with Gasteiger partial charge in [0.15, 0.2) is 21.0 Å². The van der Waals surface area contributed by atoms with Gasteiger partial charge in [-0.3, -0.25) is 10.1 Å². The molecule has 188 valence electrons. The highest BCUT2D eigenvalue weighted by Crippen LogP contribution is 2.32. The number of nitro benzene ring substituents is 1. The van der Waals surface area contributed by atoms with Crippen LogP contribution in [0.3, 0.4) is 0 Å². The lowest BCUT2D eigenvalue weighted by molar-refractivity contribution is -0.383. The van der Waals surface area contributed by atoms with Crippen LogP contribution in [0.5, 0.6) is 0 Å². The first-order valence-electron chi connectivity index (χ1n) is 10.1. The van der Waals surface area contributed by atoms with Gasteiger partial charge in [0.25, 0.3) is 0 Å². The van der Waals surface area contributed by atoms with Gasteiger partial charge in [0, 0.05) is 31.0 Å². The van der Waals surface area contributed by atoms with E-state index in [1.165, 1.54) is 36.4 Å². The molecule has 0 bridgehead atoms. The van der Waals surface area contributed by atoms with Crippen LogP contribution in [0.2, 0.25) is 0 Å². The van der Waals surface area contributed by atoms with Crippen molar-refractivity contribution in [2.45, 2.75) is 11.1 Å². The predicted octanol–water partition coefficient (Wildman–Crippen LogP) is 3.53. The summed E-state index contributed by atoms with van der Waals surface area (Å²) in [4.78, 5) is 18.1. The number of halogens is 3. The van der Waals surface area contributed by atoms with E-state index in [4.69, 9.17) is 0 Å². The van der Waals surface area contributed by atoms with Crippen LogP contribution in [0.1, 0.15) is 5.69 Å². The number of fused-ring (bicyclic) bond motifs is 1. The summed E-state index contributed by atoms with van der Waals surface area (Å²) in [6, 6.07) is 8.67. The molecule has 0 spiro atoms. The average Bonchev–Trinajstić information content (AvgIpc) is 3.30. The zero-order valence-electron chi connectivity index (χ0n) is 18.3. The van der Waals surface area contributed by atoms with Gasteiger partial charge in [-0.2, -0.15) is 13.2 Å². The molecule has 12 nitrogen and oxygen atoms in total. The molecule has 2 aromatic carbocycles. The Hall–Kier alpha value is -4.34. The minimum absolute atomic E-state index is 0.0171. The van der Waals surface area contributed by atoms with Crippen LogP contribution in [0, 0.1) is 10.1 Å². The fourth-order valence-corrected chi connectivity index (χ4v) is 3.84. The first-order valence-corrected chi connectivity index (χ1v) is 12.0. The van der Waals surface area contributed by atoms with Crippen LogP contribution in [-0.4, -0.2) is 53.0 Å². The van der Waals surface area contributed by atoms with Crippen molar-refractivity contribution in [3.63, 3.8) is 0 Å². The highest BCUT2D eigenvalue weighted by molar-refractivity contribution is 7.90. The smallest absolute Gasteiger partial charge is 0.381 e. The topological polar surface area (TPSA) is 166 Å². The normalized spacial score (nSPS) is 12.0. The van der Waals surface area contributed by atoms with Crippen LogP contribution in [-0.2, 0) is 16.0 Å². The van der Waals surface area contributed by atoms with Gasteiger partial charge in [0.05, 0.1) is 21.2 Å². The number of alkyl halides is 3. The minimum atomic E-state index is -4.75. The van der Waals surface area contributed by atoms with Gasteiger partial charge in [-0.25, -0.2) is 23.0 Å². The third-order valence-electron chi connectivity index (χ3n) is 4.91. The molecule has 0 saturated carbocycles. The number of rotatable bonds is 8. The zero-order chi connectivity index (χ0) is 26.1. The first-order chi connectivity index (χ1) is 16.9. The number of benzene rings is 2. The van der Waals surface area contributed by atoms with Crippen molar-refractivity contribution in [3.05, 3.63) is 58.3 Å². The van der Waals surface area contributed by atoms with Gasteiger partial charge < -0.3 is 10.6 Å². The summed E-state index contributed by atoms with van der Waals surface area (Å²) in [5.74, 6) is -0.300. The number of nitrogens with zero attached hydrogens (tertiary/aromatic N) is 5. The second kappa shape index (κ2) is 9.37. The SMILES string of the molecule is CS(=O)(=O)c1ccc(-c2cc(C(F)(F)F)nc(NCCNc3ccc([N+](=O)[O-])c4nonc34)n2)cc1. The Bertz CT molecular complexity index is 1540. The molecule has 0 aliphatic rings. The lowest BCUT2D eigenvalue weighted by Crippen LogP contribution is -2.17. The lowest BCUT2D eigenvalue weighted by atomic mass is 10.1. The summed E-state index contributed by atoms with van der Waals surface area (Å²) in [6.45, 7) is 0.218. The van der Waals surface area contributed by atoms with E-state index in [1.54, 1.807) is 0 Å². The van der Waals surface area contributed by atoms with Crippen LogP contribution in [0.15, 0.2) is 52.0 Å². The highest BCUT2D eigenvalue weighted by atomic mass is 32.2. The maximum absolute atomic E-state index is 13.4. The van der Waals surface area contributed by atoms with Gasteiger partial charge in [-0.15, -0.1) is 0 Å². The molecule has 2 aromatic heterocycles. The third kappa shape index (κ3) is 5.32. The summed E-state index contributed by atoms with van der Waals surface area (Å²) < 4.78 is 68.1. The summed E-state index contributed by atoms with van der Waals surface area (Å²) in [5, 5.41) is 23.9. The Morgan fingerprint density at radius 3 is 2.31 bits per heavy atom. The molecule has 0 saturated heterocycles. The number of hydrogen-bond donors (Lipinski definition) is 2. The van der Waals surface area contributed by atoms with Gasteiger partial charge in [0.2, 0.25) is 11.5 Å². The Morgan fingerprint density at radius 2 is 1.67 bits per heavy atom. The van der Waals surface area contributed by atoms with Crippen LogP contribution in [0.4, 0.5) is 30.5 Å². The van der Waals surface area contributed by atoms with Crippen molar-refractivity contribution < 1.29 is 31.1 Å². The van der Waals surface area contributed by atoms with E-state index in [0.717, 1.165) is 12.3 Å². The highest BCUT2D eigenvalue weighted by Gasteiger charge is 2.34. The van der Waals surface area contributed by atoms with Gasteiger partial charge in [0.1, 0.15) is 0 Å². The molecule has 2 heterocycles. The molecule has 2 N–H and O–H groups in total. The molecule has 0 aliphatic heterocycles. The van der Waals surface area contributed by atoms with Crippen LogP contribution in [0.25, 0.3) is 22.3 Å². The van der Waals surface area contributed by atoms with Crippen molar-refractivity contribution in [1.82, 2.24) is 20.3 Å². The van der Waals surface area contributed by atoms with Gasteiger partial charge >= 0.3 is 11.9 Å². The maximum Gasteiger partial charge on any atom is 0.433 e. The summed E-state index contributed by atoms with van der Waals surface area (Å²) >= 11 is 0. The van der Waals surface area contributed by atoms with E-state index in [0.29, 0.717) is 5.69 Å². The second-order valence-corrected chi connectivity index (χ2v) is 9.48. The summed E-state index contributed by atoms with van der Waals surface area (Å²) in [5.41, 5.74) is -0.813. The predicted molar refractivity (Wildman–Crippen MR) is 121 cm³/mol. The molecule has 4 aromatic rings. The quantitative estimate of drug-likeness (QED) is 0.197. The molecule has 16 heteroatoms. The lowest BCUT2D eigenvalue weighted by Gasteiger charge is -2.13. The van der Waals surface area contributed by atoms with Crippen molar-refractivity contribution in [2.24, 2.45) is 0 Å². The van der Waals surface area contributed by atoms with Crippen LogP contribution >= 0.6 is 0 Å². The monoisotopic (exact) mass is 523 g/mol. The standard InChI is InChI=1S/C20H16F3N7O5S/c1-36(33,34)12-4-2-11(3-5-12)14-10-16(20(21,22)23)27-19(26-14)25-9-8-24-13-6-7-15(30(31)32)18-17(13)28-35-29-18/h2-7,10,24H,8-9H2,1H3,(H,25,26,27). The number of non-ortho nitro benzene ring substituents is 1. The van der Waals surface area contributed by atoms with Crippen molar-refractivity contribution in [3.8, 4) is 11.3 Å². The summed E-state index contributed by atoms with van der Waals surface area (Å²) in [7, 11) is -3.48. The van der Waals surface area contributed by atoms with E-state index in [-0.39, 0.29) is 51.9 Å². The second-order valence-electron chi connectivity index (χ2n) is 7.46. The molecular weight excluding hydrogens is 507 g/mol. The third-order valence-corrected chi connectivity index (χ3v) is 6.04. The number of hydrogen-bond acceptors (Lipinski definition) is 11. The van der Waals surface area contributed by atoms with Gasteiger partial charge in [-0.05, 0) is 34.6 Å². The molecule has 36 heavy (non-hydrogen) atoms. The van der Waals surface area contributed by atoms with E-state index >= 15 is 0 Å². The Kier molecular flexibility index (Phi) is 6.45. The summed E-state index contributed by atoms with van der Waals surface area (Å²) in [6.07, 6.45) is -3.73. The van der Waals surface area contributed by atoms with Crippen molar-refractivity contribution in [1.29, 1.82) is 0 Å². The number of sulfone groups is 1. The Morgan fingerprint density at radius 1 is 1.00 bits per heavy atom. The first kappa shape index (κ1) is 24.8. The minimum Gasteiger partial charge on any atom is -0.381 e. The fraction of sp³-hybridized carbons (Fsp3) is 0.200. The van der Waals surface area contributed by atoms with Crippen LogP contribution < -0.4 is 10.6 Å². The molecule has 0 amide bonds. The number of nitro groups is 1. The molecular formula is C20H16F3N7O5S. The Balaban J connectivity index is 1.51. The van der Waals surface area contributed by atoms with E-state index in [9.17, 15) is 31.7 Å². The average molecular weight is 523 g/mol. The number of aromatic nitrogens is 4. The van der Waals surface area contributed by atoms with E-state index in [2.05, 4.69) is 35.5 Å². The number of anilines is 2. The fourth-order valence-electron chi connectivity index (χ4n) is 3.21. The van der Waals surface area contributed by atoms with E-state index in [1.807, 2.05) is 0 Å². The molecule has 0 radical (unpaired) electrons. The van der Waals surface area contributed by atoms with Crippen molar-refractivity contribution >= 4 is 38.2 Å². The molecule has 0 fully saturated rings. The molecule has 0 aliphatic carbocycles. The largest absolute Gasteiger partial charge is 0.433 e. The maximum atomic E-state index is 13.4. The number of nitrogens with one attached hydrogen (secondary N) is 2. The Labute approximate surface area is 200 Å². The molecule has 0 unspecified atom stereocenters.